The van der Waals surface area contributed by atoms with Gasteiger partial charge < -0.3 is 10.2 Å². The Morgan fingerprint density at radius 2 is 1.87 bits per heavy atom. The number of hydrogen-bond donors (Lipinski definition) is 2. The lowest BCUT2D eigenvalue weighted by atomic mass is 9.86. The molecule has 0 aliphatic heterocycles. The smallest absolute Gasteiger partial charge is 0.328 e. The van der Waals surface area contributed by atoms with Crippen molar-refractivity contribution in [2.45, 2.75) is 38.3 Å². The van der Waals surface area contributed by atoms with Gasteiger partial charge in [-0.1, -0.05) is 36.8 Å². The quantitative estimate of drug-likeness (QED) is 0.357. The summed E-state index contributed by atoms with van der Waals surface area (Å²) in [6.45, 7) is 0.272. The van der Waals surface area contributed by atoms with Crippen molar-refractivity contribution in [1.82, 2.24) is 19.7 Å². The SMILES string of the molecule is Cn1ncc2cc(-c3ccc(CN(C(=O)C4CCCC(O)C4)c4cncc(C=CC(=O)O)n4)cc3)ccc21. The minimum Gasteiger partial charge on any atom is -0.478 e. The van der Waals surface area contributed by atoms with E-state index in [-0.39, 0.29) is 18.4 Å². The van der Waals surface area contributed by atoms with Crippen molar-refractivity contribution in [1.29, 1.82) is 0 Å². The summed E-state index contributed by atoms with van der Waals surface area (Å²) in [6, 6.07) is 14.2. The van der Waals surface area contributed by atoms with E-state index in [4.69, 9.17) is 5.11 Å². The fourth-order valence-electron chi connectivity index (χ4n) is 4.95. The van der Waals surface area contributed by atoms with Crippen molar-refractivity contribution in [2.24, 2.45) is 13.0 Å². The predicted molar refractivity (Wildman–Crippen MR) is 144 cm³/mol. The first kappa shape index (κ1) is 25.3. The minimum atomic E-state index is -1.09. The maximum Gasteiger partial charge on any atom is 0.328 e. The molecule has 1 aliphatic rings. The number of carboxylic acids is 1. The lowest BCUT2D eigenvalue weighted by molar-refractivity contribution is -0.131. The number of aryl methyl sites for hydroxylation is 1. The van der Waals surface area contributed by atoms with Gasteiger partial charge in [0, 0.05) is 24.4 Å². The predicted octanol–water partition coefficient (Wildman–Crippen LogP) is 4.21. The van der Waals surface area contributed by atoms with Gasteiger partial charge in [0.25, 0.3) is 0 Å². The van der Waals surface area contributed by atoms with Crippen LogP contribution in [0.2, 0.25) is 0 Å². The first-order valence-corrected chi connectivity index (χ1v) is 12.6. The van der Waals surface area contributed by atoms with E-state index in [1.807, 2.05) is 42.2 Å². The Hall–Kier alpha value is -4.37. The van der Waals surface area contributed by atoms with Gasteiger partial charge in [0.1, 0.15) is 0 Å². The lowest BCUT2D eigenvalue weighted by Crippen LogP contribution is -2.39. The van der Waals surface area contributed by atoms with Crippen molar-refractivity contribution in [3.63, 3.8) is 0 Å². The van der Waals surface area contributed by atoms with Crippen molar-refractivity contribution in [3.8, 4) is 11.1 Å². The van der Waals surface area contributed by atoms with E-state index >= 15 is 0 Å². The van der Waals surface area contributed by atoms with E-state index in [1.165, 1.54) is 18.5 Å². The molecule has 9 heteroatoms. The number of benzene rings is 2. The Labute approximate surface area is 220 Å². The fraction of sp³-hybridized carbons (Fsp3) is 0.276. The standard InChI is InChI=1S/C29H29N5O4/c1-33-26-11-9-21(13-23(26)15-31-33)20-7-5-19(6-8-20)18-34(29(38)22-3-2-4-25(35)14-22)27-17-30-16-24(32-27)10-12-28(36)37/h5-13,15-17,22,25,35H,2-4,14,18H2,1H3,(H,36,37). The monoisotopic (exact) mass is 511 g/mol. The van der Waals surface area contributed by atoms with Crippen LogP contribution < -0.4 is 4.90 Å². The number of aliphatic carboxylic acids is 1. The number of aromatic nitrogens is 4. The second kappa shape index (κ2) is 10.9. The molecule has 2 heterocycles. The molecule has 1 aliphatic carbocycles. The third kappa shape index (κ3) is 5.63. The van der Waals surface area contributed by atoms with Gasteiger partial charge in [-0.3, -0.25) is 19.4 Å². The van der Waals surface area contributed by atoms with Gasteiger partial charge in [-0.15, -0.1) is 0 Å². The molecule has 0 radical (unpaired) electrons. The van der Waals surface area contributed by atoms with Crippen molar-refractivity contribution in [2.75, 3.05) is 4.90 Å². The third-order valence-corrected chi connectivity index (χ3v) is 6.95. The first-order valence-electron chi connectivity index (χ1n) is 12.6. The Balaban J connectivity index is 1.42. The molecule has 0 saturated heterocycles. The van der Waals surface area contributed by atoms with Gasteiger partial charge in [0.2, 0.25) is 5.91 Å². The maximum atomic E-state index is 13.7. The highest BCUT2D eigenvalue weighted by molar-refractivity contribution is 5.94. The zero-order chi connectivity index (χ0) is 26.6. The van der Waals surface area contributed by atoms with Gasteiger partial charge in [-0.2, -0.15) is 5.10 Å². The summed E-state index contributed by atoms with van der Waals surface area (Å²) in [6.07, 6.45) is 9.24. The van der Waals surface area contributed by atoms with Gasteiger partial charge in [-0.05, 0) is 54.2 Å². The van der Waals surface area contributed by atoms with E-state index in [0.717, 1.165) is 40.1 Å². The largest absolute Gasteiger partial charge is 0.478 e. The summed E-state index contributed by atoms with van der Waals surface area (Å²) in [4.78, 5) is 34.9. The van der Waals surface area contributed by atoms with Crippen molar-refractivity contribution < 1.29 is 19.8 Å². The summed E-state index contributed by atoms with van der Waals surface area (Å²) in [5, 5.41) is 24.5. The number of carbonyl (C=O) groups is 2. The van der Waals surface area contributed by atoms with E-state index in [1.54, 1.807) is 4.90 Å². The molecule has 1 fully saturated rings. The molecule has 194 valence electrons. The number of aliphatic hydroxyl groups excluding tert-OH is 1. The molecule has 4 aromatic rings. The zero-order valence-electron chi connectivity index (χ0n) is 21.1. The number of anilines is 1. The van der Waals surface area contributed by atoms with Crippen LogP contribution in [0.5, 0.6) is 0 Å². The average Bonchev–Trinajstić information content (AvgIpc) is 3.30. The molecule has 38 heavy (non-hydrogen) atoms. The number of amides is 1. The van der Waals surface area contributed by atoms with Crippen LogP contribution in [0.3, 0.4) is 0 Å². The summed E-state index contributed by atoms with van der Waals surface area (Å²) in [5.41, 5.74) is 4.44. The van der Waals surface area contributed by atoms with Crippen LogP contribution in [0.25, 0.3) is 28.1 Å². The van der Waals surface area contributed by atoms with Crippen LogP contribution >= 0.6 is 0 Å². The minimum absolute atomic E-state index is 0.122. The van der Waals surface area contributed by atoms with Gasteiger partial charge in [0.05, 0.1) is 42.4 Å². The number of carboxylic acid groups (broad SMARTS) is 1. The Kier molecular flexibility index (Phi) is 7.28. The van der Waals surface area contributed by atoms with Gasteiger partial charge in [0.15, 0.2) is 5.82 Å². The average molecular weight is 512 g/mol. The van der Waals surface area contributed by atoms with E-state index in [9.17, 15) is 14.7 Å². The third-order valence-electron chi connectivity index (χ3n) is 6.95. The number of hydrogen-bond acceptors (Lipinski definition) is 6. The Bertz CT molecular complexity index is 1490. The van der Waals surface area contributed by atoms with Crippen LogP contribution in [0.15, 0.2) is 67.1 Å². The molecule has 0 bridgehead atoms. The summed E-state index contributed by atoms with van der Waals surface area (Å²) >= 11 is 0. The molecule has 1 saturated carbocycles. The van der Waals surface area contributed by atoms with Crippen molar-refractivity contribution in [3.05, 3.63) is 78.4 Å². The molecule has 2 atom stereocenters. The Morgan fingerprint density at radius 3 is 2.63 bits per heavy atom. The summed E-state index contributed by atoms with van der Waals surface area (Å²) in [5.74, 6) is -1.19. The molecule has 2 aromatic carbocycles. The normalized spacial score (nSPS) is 17.6. The number of aliphatic hydroxyl groups is 1. The second-order valence-electron chi connectivity index (χ2n) is 9.65. The molecular formula is C29H29N5O4. The molecule has 2 unspecified atom stereocenters. The highest BCUT2D eigenvalue weighted by Crippen LogP contribution is 2.29. The molecule has 9 nitrogen and oxygen atoms in total. The lowest BCUT2D eigenvalue weighted by Gasteiger charge is -2.30. The van der Waals surface area contributed by atoms with E-state index in [0.29, 0.717) is 30.8 Å². The summed E-state index contributed by atoms with van der Waals surface area (Å²) < 4.78 is 1.84. The highest BCUT2D eigenvalue weighted by atomic mass is 16.4. The van der Waals surface area contributed by atoms with Crippen LogP contribution in [0.1, 0.15) is 36.9 Å². The molecule has 0 spiro atoms. The van der Waals surface area contributed by atoms with Gasteiger partial charge in [-0.25, -0.2) is 9.78 Å². The first-order chi connectivity index (χ1) is 18.4. The zero-order valence-corrected chi connectivity index (χ0v) is 21.1. The fourth-order valence-corrected chi connectivity index (χ4v) is 4.95. The van der Waals surface area contributed by atoms with E-state index in [2.05, 4.69) is 33.3 Å². The number of rotatable bonds is 7. The topological polar surface area (TPSA) is 121 Å². The van der Waals surface area contributed by atoms with Crippen LogP contribution in [0.4, 0.5) is 5.82 Å². The molecule has 1 amide bonds. The number of fused-ring (bicyclic) bond motifs is 1. The highest BCUT2D eigenvalue weighted by Gasteiger charge is 2.31. The molecular weight excluding hydrogens is 482 g/mol. The van der Waals surface area contributed by atoms with E-state index < -0.39 is 12.1 Å². The van der Waals surface area contributed by atoms with Gasteiger partial charge >= 0.3 is 5.97 Å². The van der Waals surface area contributed by atoms with Crippen LogP contribution in [0, 0.1) is 5.92 Å². The number of carbonyl (C=O) groups excluding carboxylic acids is 1. The molecule has 2 aromatic heterocycles. The Morgan fingerprint density at radius 1 is 1.08 bits per heavy atom. The molecule has 5 rings (SSSR count). The van der Waals surface area contributed by atoms with Crippen LogP contribution in [-0.2, 0) is 23.2 Å². The molecule has 2 N–H and O–H groups in total. The van der Waals surface area contributed by atoms with Crippen molar-refractivity contribution >= 4 is 34.7 Å². The maximum absolute atomic E-state index is 13.7. The number of nitrogens with zero attached hydrogens (tertiary/aromatic N) is 5. The van der Waals surface area contributed by atoms with Crippen LogP contribution in [-0.4, -0.2) is 47.9 Å². The second-order valence-corrected chi connectivity index (χ2v) is 9.65. The summed E-state index contributed by atoms with van der Waals surface area (Å²) in [7, 11) is 1.92.